The van der Waals surface area contributed by atoms with Crippen molar-refractivity contribution < 1.29 is 113 Å². The summed E-state index contributed by atoms with van der Waals surface area (Å²) in [7, 11) is 0. The lowest BCUT2D eigenvalue weighted by Crippen LogP contribution is -2.63. The standard InChI is InChI=1S/C54H87N15O23/c1-5-24(2)41(68-45(82)29(8-6-7-17-55)59-47(84)33(19-39(58)77)62-43(80)25(3)56)52(89)67-36(22-72)48(85)63-32(18-27-9-11-28(75)12-10-27)46(83)60-30(13-15-38(57)76)44(81)64-34(20-70)49(86)65-35(21-71)50(87)66-37(23-73)51(88)69-42(26(4)74)53(90)61-31(54(91)92)14-16-40(78)79/h9-12,24-26,29-37,41-42,70-75H,5-8,13-23,55-56H2,1-4H3,(H2,57,76)(H2,58,77)(H,59,84)(H,60,83)(H,61,90)(H,62,80)(H,63,85)(H,64,81)(H,65,86)(H,66,87)(H,67,89)(H,68,82)(H,69,88)(H,78,79)(H,91,92)/t24-,25-,26+,29-,30-,31-,32-,33-,34-,35-,36-,37-,41-,42-/m0/s1. The fourth-order valence-corrected chi connectivity index (χ4v) is 8.18. The number of hydrogen-bond donors (Lipinski definition) is 23. The Morgan fingerprint density at radius 1 is 0.446 bits per heavy atom. The van der Waals surface area contributed by atoms with Gasteiger partial charge in [-0.2, -0.15) is 0 Å². The van der Waals surface area contributed by atoms with E-state index in [-0.39, 0.29) is 37.1 Å². The topological polar surface area (TPSA) is 654 Å². The molecule has 1 rings (SSSR count). The molecule has 0 saturated carbocycles. The first-order valence-corrected chi connectivity index (χ1v) is 28.9. The largest absolute Gasteiger partial charge is 0.508 e. The lowest BCUT2D eigenvalue weighted by atomic mass is 9.97. The number of nitrogens with two attached hydrogens (primary N) is 4. The van der Waals surface area contributed by atoms with Gasteiger partial charge in [0.05, 0.1) is 45.0 Å². The van der Waals surface area contributed by atoms with Gasteiger partial charge in [-0.05, 0) is 76.1 Å². The number of carbonyl (C=O) groups is 15. The van der Waals surface area contributed by atoms with E-state index in [0.717, 1.165) is 6.92 Å². The number of hydrogen-bond acceptors (Lipinski definition) is 23. The van der Waals surface area contributed by atoms with Crippen molar-refractivity contribution in [3.63, 3.8) is 0 Å². The monoisotopic (exact) mass is 1310 g/mol. The van der Waals surface area contributed by atoms with E-state index in [1.165, 1.54) is 31.2 Å². The maximum absolute atomic E-state index is 14.3. The molecule has 1 aromatic carbocycles. The van der Waals surface area contributed by atoms with E-state index in [1.54, 1.807) is 13.8 Å². The minimum absolute atomic E-state index is 0.0717. The molecule has 0 aromatic heterocycles. The second-order valence-corrected chi connectivity index (χ2v) is 21.3. The number of carboxylic acid groups (broad SMARTS) is 2. The summed E-state index contributed by atoms with van der Waals surface area (Å²) in [6.45, 7) is 0.740. The summed E-state index contributed by atoms with van der Waals surface area (Å²) in [6, 6.07) is -16.0. The zero-order valence-electron chi connectivity index (χ0n) is 51.0. The molecule has 0 bridgehead atoms. The van der Waals surface area contributed by atoms with Crippen molar-refractivity contribution in [3.05, 3.63) is 29.8 Å². The predicted molar refractivity (Wildman–Crippen MR) is 316 cm³/mol. The number of benzene rings is 1. The van der Waals surface area contributed by atoms with Crippen molar-refractivity contribution >= 4 is 88.7 Å². The van der Waals surface area contributed by atoms with Gasteiger partial charge in [0.25, 0.3) is 0 Å². The zero-order valence-corrected chi connectivity index (χ0v) is 51.0. The van der Waals surface area contributed by atoms with Crippen LogP contribution in [0.4, 0.5) is 0 Å². The molecule has 0 aliphatic rings. The molecule has 0 unspecified atom stereocenters. The number of carbonyl (C=O) groups excluding carboxylic acids is 13. The first kappa shape index (κ1) is 80.8. The smallest absolute Gasteiger partial charge is 0.326 e. The highest BCUT2D eigenvalue weighted by molar-refractivity contribution is 6.00. The van der Waals surface area contributed by atoms with Crippen molar-refractivity contribution in [1.29, 1.82) is 0 Å². The van der Waals surface area contributed by atoms with Gasteiger partial charge in [0.2, 0.25) is 76.8 Å². The number of amides is 13. The van der Waals surface area contributed by atoms with Crippen LogP contribution in [0.2, 0.25) is 0 Å². The van der Waals surface area contributed by atoms with Crippen molar-refractivity contribution in [2.75, 3.05) is 33.0 Å². The first-order valence-electron chi connectivity index (χ1n) is 28.9. The van der Waals surface area contributed by atoms with Crippen molar-refractivity contribution in [3.8, 4) is 5.75 Å². The fourth-order valence-electron chi connectivity index (χ4n) is 8.18. The van der Waals surface area contributed by atoms with E-state index in [4.69, 9.17) is 28.0 Å². The number of aliphatic hydroxyl groups excluding tert-OH is 5. The molecule has 0 radical (unpaired) electrons. The van der Waals surface area contributed by atoms with Gasteiger partial charge in [0.1, 0.15) is 72.2 Å². The highest BCUT2D eigenvalue weighted by Gasteiger charge is 2.38. The maximum atomic E-state index is 14.3. The van der Waals surface area contributed by atoms with Crippen molar-refractivity contribution in [2.24, 2.45) is 28.9 Å². The minimum atomic E-state index is -2.06. The summed E-state index contributed by atoms with van der Waals surface area (Å²) in [4.78, 5) is 195. The van der Waals surface area contributed by atoms with Crippen LogP contribution < -0.4 is 81.4 Å². The molecule has 0 aliphatic heterocycles. The van der Waals surface area contributed by atoms with Crippen LogP contribution in [0.5, 0.6) is 5.75 Å². The summed E-state index contributed by atoms with van der Waals surface area (Å²) in [5, 5.41) is 104. The predicted octanol–water partition coefficient (Wildman–Crippen LogP) is -10.8. The number of carboxylic acids is 2. The summed E-state index contributed by atoms with van der Waals surface area (Å²) >= 11 is 0. The van der Waals surface area contributed by atoms with E-state index in [9.17, 15) is 108 Å². The SMILES string of the molecule is CC[C@H](C)[C@H](NC(=O)[C@H](CCCCN)NC(=O)[C@H](CC(N)=O)NC(=O)[C@H](C)N)C(=O)N[C@@H](CO)C(=O)N[C@@H](Cc1ccc(O)cc1)C(=O)N[C@@H](CCC(N)=O)C(=O)N[C@@H](CO)C(=O)N[C@@H](CO)C(=O)N[C@@H](CO)C(=O)N[C@H](C(=O)N[C@@H](CCC(=O)O)C(=O)O)[C@@H](C)O. The van der Waals surface area contributed by atoms with Crippen LogP contribution in [-0.4, -0.2) is 241 Å². The van der Waals surface area contributed by atoms with Crippen LogP contribution in [0.15, 0.2) is 24.3 Å². The summed E-state index contributed by atoms with van der Waals surface area (Å²) < 4.78 is 0. The Bertz CT molecular complexity index is 2720. The molecular formula is C54H87N15O23. The second kappa shape index (κ2) is 41.2. The number of aliphatic carboxylic acids is 2. The van der Waals surface area contributed by atoms with Gasteiger partial charge in [-0.1, -0.05) is 32.4 Å². The van der Waals surface area contributed by atoms with Crippen molar-refractivity contribution in [2.45, 2.75) is 171 Å². The lowest BCUT2D eigenvalue weighted by molar-refractivity contribution is -0.144. The van der Waals surface area contributed by atoms with Gasteiger partial charge in [0.15, 0.2) is 0 Å². The van der Waals surface area contributed by atoms with Crippen LogP contribution in [0.3, 0.4) is 0 Å². The van der Waals surface area contributed by atoms with Crippen LogP contribution in [0.25, 0.3) is 0 Å². The average molecular weight is 1310 g/mol. The molecule has 38 heteroatoms. The highest BCUT2D eigenvalue weighted by atomic mass is 16.4. The van der Waals surface area contributed by atoms with E-state index >= 15 is 0 Å². The third kappa shape index (κ3) is 28.7. The number of rotatable bonds is 44. The van der Waals surface area contributed by atoms with Crippen molar-refractivity contribution in [1.82, 2.24) is 58.5 Å². The molecule has 0 fully saturated rings. The van der Waals surface area contributed by atoms with Crippen LogP contribution >= 0.6 is 0 Å². The number of unbranched alkanes of at least 4 members (excludes halogenated alkanes) is 1. The molecule has 27 N–H and O–H groups in total. The number of aliphatic hydroxyl groups is 5. The minimum Gasteiger partial charge on any atom is -0.508 e. The Labute approximate surface area is 526 Å². The fraction of sp³-hybridized carbons (Fsp3) is 0.611. The van der Waals surface area contributed by atoms with Gasteiger partial charge in [-0.3, -0.25) is 67.1 Å². The molecule has 38 nitrogen and oxygen atoms in total. The highest BCUT2D eigenvalue weighted by Crippen LogP contribution is 2.14. The molecule has 0 spiro atoms. The third-order valence-electron chi connectivity index (χ3n) is 13.7. The summed E-state index contributed by atoms with van der Waals surface area (Å²) in [5.74, 6) is -19.2. The van der Waals surface area contributed by atoms with E-state index < -0.39 is 238 Å². The van der Waals surface area contributed by atoms with E-state index in [1.807, 2.05) is 21.3 Å². The van der Waals surface area contributed by atoms with Crippen LogP contribution in [-0.2, 0) is 78.3 Å². The van der Waals surface area contributed by atoms with Gasteiger partial charge >= 0.3 is 11.9 Å². The van der Waals surface area contributed by atoms with Gasteiger partial charge in [-0.25, -0.2) is 4.79 Å². The number of phenols is 1. The zero-order chi connectivity index (χ0) is 70.1. The second-order valence-electron chi connectivity index (χ2n) is 21.3. The Balaban J connectivity index is 3.50. The van der Waals surface area contributed by atoms with Gasteiger partial charge in [0, 0.05) is 19.3 Å². The molecule has 14 atom stereocenters. The molecule has 0 heterocycles. The molecule has 92 heavy (non-hydrogen) atoms. The Kier molecular flexibility index (Phi) is 36.2. The molecule has 0 aliphatic carbocycles. The molecular weight excluding hydrogens is 1230 g/mol. The van der Waals surface area contributed by atoms with Gasteiger partial charge in [-0.15, -0.1) is 0 Å². The molecule has 0 saturated heterocycles. The molecule has 1 aromatic rings. The van der Waals surface area contributed by atoms with Gasteiger partial charge < -0.3 is 122 Å². The first-order chi connectivity index (χ1) is 43.2. The maximum Gasteiger partial charge on any atom is 0.326 e. The number of phenolic OH excluding ortho intramolecular Hbond substituents is 1. The normalized spacial score (nSPS) is 15.6. The Hall–Kier alpha value is -9.21. The van der Waals surface area contributed by atoms with E-state index in [0.29, 0.717) is 6.42 Å². The summed E-state index contributed by atoms with van der Waals surface area (Å²) in [6.07, 6.45) is -4.73. The number of nitrogens with one attached hydrogen (secondary N) is 11. The lowest BCUT2D eigenvalue weighted by Gasteiger charge is -2.29. The van der Waals surface area contributed by atoms with Crippen LogP contribution in [0.1, 0.15) is 91.0 Å². The quantitative estimate of drug-likeness (QED) is 0.0270. The third-order valence-corrected chi connectivity index (χ3v) is 13.7. The molecule has 13 amide bonds. The Morgan fingerprint density at radius 3 is 1.24 bits per heavy atom. The number of primary amides is 2. The average Bonchev–Trinajstić information content (AvgIpc) is 3.57. The molecule has 516 valence electrons. The van der Waals surface area contributed by atoms with Crippen LogP contribution in [0, 0.1) is 5.92 Å². The van der Waals surface area contributed by atoms with E-state index in [2.05, 4.69) is 37.2 Å². The number of aromatic hydroxyl groups is 1. The summed E-state index contributed by atoms with van der Waals surface area (Å²) in [5.41, 5.74) is 22.2. The Morgan fingerprint density at radius 2 is 0.815 bits per heavy atom.